The van der Waals surface area contributed by atoms with Crippen molar-refractivity contribution in [3.8, 4) is 0 Å². The maximum atomic E-state index is 12.8. The highest BCUT2D eigenvalue weighted by atomic mass is 19.2. The van der Waals surface area contributed by atoms with Crippen LogP contribution in [0.5, 0.6) is 0 Å². The van der Waals surface area contributed by atoms with Gasteiger partial charge in [-0.3, -0.25) is 0 Å². The van der Waals surface area contributed by atoms with Crippen LogP contribution < -0.4 is 0 Å². The van der Waals surface area contributed by atoms with Gasteiger partial charge in [0, 0.05) is 4.91 Å². The Morgan fingerprint density at radius 3 is 2.83 bits per heavy atom. The Bertz CT molecular complexity index is 331. The van der Waals surface area contributed by atoms with E-state index >= 15 is 0 Å². The topological polar surface area (TPSA) is 48.8 Å². The summed E-state index contributed by atoms with van der Waals surface area (Å²) in [5.41, 5.74) is 7.99. The molecule has 1 aromatic carbocycles. The van der Waals surface area contributed by atoms with Crippen LogP contribution in [-0.2, 0) is 6.54 Å². The number of rotatable bonds is 2. The van der Waals surface area contributed by atoms with Crippen LogP contribution in [0.2, 0.25) is 0 Å². The fraction of sp³-hybridized carbons (Fsp3) is 0.143. The summed E-state index contributed by atoms with van der Waals surface area (Å²) in [6.45, 7) is -0.167. The molecule has 0 saturated heterocycles. The molecule has 0 aliphatic rings. The van der Waals surface area contributed by atoms with Gasteiger partial charge in [-0.1, -0.05) is 17.2 Å². The van der Waals surface area contributed by atoms with Crippen LogP contribution in [0.4, 0.5) is 8.78 Å². The van der Waals surface area contributed by atoms with E-state index in [-0.39, 0.29) is 12.1 Å². The molecule has 0 fully saturated rings. The van der Waals surface area contributed by atoms with Crippen molar-refractivity contribution < 1.29 is 8.78 Å². The van der Waals surface area contributed by atoms with E-state index in [9.17, 15) is 8.78 Å². The molecular formula is C7H5F2N3. The lowest BCUT2D eigenvalue weighted by atomic mass is 10.2. The zero-order valence-corrected chi connectivity index (χ0v) is 6.04. The monoisotopic (exact) mass is 169 g/mol. The number of hydrogen-bond acceptors (Lipinski definition) is 1. The van der Waals surface area contributed by atoms with Crippen LogP contribution in [0.25, 0.3) is 10.4 Å². The summed E-state index contributed by atoms with van der Waals surface area (Å²) in [4.78, 5) is 2.44. The summed E-state index contributed by atoms with van der Waals surface area (Å²) in [5, 5.41) is 3.12. The van der Waals surface area contributed by atoms with E-state index in [0.29, 0.717) is 0 Å². The number of nitrogens with zero attached hydrogens (tertiary/aromatic N) is 3. The Hall–Kier alpha value is -1.61. The Morgan fingerprint density at radius 1 is 1.42 bits per heavy atom. The smallest absolute Gasteiger partial charge is 0.162 e. The molecule has 5 heteroatoms. The molecule has 62 valence electrons. The Balaban J connectivity index is 2.99. The second kappa shape index (κ2) is 3.69. The first-order chi connectivity index (χ1) is 5.75. The van der Waals surface area contributed by atoms with Gasteiger partial charge in [0.15, 0.2) is 11.6 Å². The SMILES string of the molecule is [N-]=[N+]=NCc1cccc(F)c1F. The third-order valence-corrected chi connectivity index (χ3v) is 1.34. The van der Waals surface area contributed by atoms with E-state index in [0.717, 1.165) is 6.07 Å². The van der Waals surface area contributed by atoms with Crippen LogP contribution in [0, 0.1) is 11.6 Å². The van der Waals surface area contributed by atoms with E-state index < -0.39 is 11.6 Å². The zero-order valence-electron chi connectivity index (χ0n) is 6.04. The van der Waals surface area contributed by atoms with Crippen molar-refractivity contribution in [3.63, 3.8) is 0 Å². The molecule has 0 N–H and O–H groups in total. The molecule has 0 aliphatic heterocycles. The third kappa shape index (κ3) is 1.71. The first-order valence-corrected chi connectivity index (χ1v) is 3.19. The van der Waals surface area contributed by atoms with Crippen molar-refractivity contribution >= 4 is 0 Å². The second-order valence-electron chi connectivity index (χ2n) is 2.10. The van der Waals surface area contributed by atoms with Crippen LogP contribution in [-0.4, -0.2) is 0 Å². The van der Waals surface area contributed by atoms with Crippen LogP contribution >= 0.6 is 0 Å². The molecule has 0 radical (unpaired) electrons. The normalized spacial score (nSPS) is 9.17. The molecule has 0 heterocycles. The minimum Gasteiger partial charge on any atom is -0.204 e. The predicted octanol–water partition coefficient (Wildman–Crippen LogP) is 2.78. The molecule has 0 amide bonds. The Kier molecular flexibility index (Phi) is 2.61. The van der Waals surface area contributed by atoms with Crippen molar-refractivity contribution in [1.29, 1.82) is 0 Å². The van der Waals surface area contributed by atoms with Gasteiger partial charge < -0.3 is 0 Å². The van der Waals surface area contributed by atoms with Crippen molar-refractivity contribution in [2.75, 3.05) is 0 Å². The highest BCUT2D eigenvalue weighted by Crippen LogP contribution is 2.11. The molecule has 0 spiro atoms. The summed E-state index contributed by atoms with van der Waals surface area (Å²) in [5.74, 6) is -1.88. The van der Waals surface area contributed by atoms with Gasteiger partial charge in [0.2, 0.25) is 0 Å². The molecule has 1 aromatic rings. The summed E-state index contributed by atoms with van der Waals surface area (Å²) >= 11 is 0. The van der Waals surface area contributed by atoms with Gasteiger partial charge in [-0.2, -0.15) is 0 Å². The second-order valence-corrected chi connectivity index (χ2v) is 2.10. The third-order valence-electron chi connectivity index (χ3n) is 1.34. The van der Waals surface area contributed by atoms with Gasteiger partial charge >= 0.3 is 0 Å². The molecule has 0 atom stereocenters. The standard InChI is InChI=1S/C7H5F2N3/c8-6-3-1-2-5(7(6)9)4-11-12-10/h1-3H,4H2. The van der Waals surface area contributed by atoms with E-state index in [4.69, 9.17) is 5.53 Å². The molecule has 0 saturated carbocycles. The van der Waals surface area contributed by atoms with Crippen molar-refractivity contribution in [3.05, 3.63) is 45.8 Å². The summed E-state index contributed by atoms with van der Waals surface area (Å²) in [7, 11) is 0. The molecule has 12 heavy (non-hydrogen) atoms. The number of halogens is 2. The van der Waals surface area contributed by atoms with Crippen LogP contribution in [0.3, 0.4) is 0 Å². The molecule has 3 nitrogen and oxygen atoms in total. The van der Waals surface area contributed by atoms with Gasteiger partial charge in [-0.15, -0.1) is 0 Å². The van der Waals surface area contributed by atoms with E-state index in [2.05, 4.69) is 10.0 Å². The number of benzene rings is 1. The zero-order chi connectivity index (χ0) is 8.97. The molecule has 1 rings (SSSR count). The lowest BCUT2D eigenvalue weighted by molar-refractivity contribution is 0.499. The average molecular weight is 169 g/mol. The average Bonchev–Trinajstić information content (AvgIpc) is 2.08. The van der Waals surface area contributed by atoms with Crippen molar-refractivity contribution in [1.82, 2.24) is 0 Å². The Morgan fingerprint density at radius 2 is 2.17 bits per heavy atom. The minimum absolute atomic E-state index is 0.0628. The fourth-order valence-corrected chi connectivity index (χ4v) is 0.778. The van der Waals surface area contributed by atoms with Gasteiger partial charge in [-0.25, -0.2) is 8.78 Å². The fourth-order valence-electron chi connectivity index (χ4n) is 0.778. The largest absolute Gasteiger partial charge is 0.204 e. The number of hydrogen-bond donors (Lipinski definition) is 0. The summed E-state index contributed by atoms with van der Waals surface area (Å²) < 4.78 is 25.3. The predicted molar refractivity (Wildman–Crippen MR) is 39.2 cm³/mol. The molecule has 0 unspecified atom stereocenters. The minimum atomic E-state index is -0.954. The first-order valence-electron chi connectivity index (χ1n) is 3.19. The maximum Gasteiger partial charge on any atom is 0.162 e. The highest BCUT2D eigenvalue weighted by Gasteiger charge is 2.05. The van der Waals surface area contributed by atoms with Gasteiger partial charge in [0.25, 0.3) is 0 Å². The van der Waals surface area contributed by atoms with E-state index in [1.54, 1.807) is 0 Å². The molecular weight excluding hydrogens is 164 g/mol. The highest BCUT2D eigenvalue weighted by molar-refractivity contribution is 5.18. The lowest BCUT2D eigenvalue weighted by Gasteiger charge is -1.97. The number of azide groups is 1. The quantitative estimate of drug-likeness (QED) is 0.371. The maximum absolute atomic E-state index is 12.8. The molecule has 0 aromatic heterocycles. The van der Waals surface area contributed by atoms with Gasteiger partial charge in [-0.05, 0) is 17.2 Å². The lowest BCUT2D eigenvalue weighted by Crippen LogP contribution is -1.91. The van der Waals surface area contributed by atoms with Crippen molar-refractivity contribution in [2.24, 2.45) is 5.11 Å². The van der Waals surface area contributed by atoms with Gasteiger partial charge in [0.05, 0.1) is 6.54 Å². The summed E-state index contributed by atoms with van der Waals surface area (Å²) in [6, 6.07) is 3.74. The van der Waals surface area contributed by atoms with Gasteiger partial charge in [0.1, 0.15) is 0 Å². The van der Waals surface area contributed by atoms with Crippen LogP contribution in [0.15, 0.2) is 23.3 Å². The van der Waals surface area contributed by atoms with Crippen LogP contribution in [0.1, 0.15) is 5.56 Å². The first kappa shape index (κ1) is 8.49. The van der Waals surface area contributed by atoms with Crippen molar-refractivity contribution in [2.45, 2.75) is 6.54 Å². The Labute approximate surface area is 67.3 Å². The summed E-state index contributed by atoms with van der Waals surface area (Å²) in [6.07, 6.45) is 0. The molecule has 0 bridgehead atoms. The molecule has 0 aliphatic carbocycles. The van der Waals surface area contributed by atoms with E-state index in [1.807, 2.05) is 0 Å². The van der Waals surface area contributed by atoms with E-state index in [1.165, 1.54) is 12.1 Å².